The van der Waals surface area contributed by atoms with Gasteiger partial charge in [0.1, 0.15) is 11.2 Å². The summed E-state index contributed by atoms with van der Waals surface area (Å²) >= 11 is 4.60. The minimum absolute atomic E-state index is 0.676. The highest BCUT2D eigenvalue weighted by Gasteiger charge is 2.39. The van der Waals surface area contributed by atoms with E-state index >= 15 is 0 Å². The van der Waals surface area contributed by atoms with E-state index in [0.717, 1.165) is 7.11 Å². The molecular weight excluding hydrogens is 722 g/mol. The summed E-state index contributed by atoms with van der Waals surface area (Å²) in [5, 5.41) is 42.8. The molecule has 0 aromatic rings. The second-order valence-electron chi connectivity index (χ2n) is 14.0. The van der Waals surface area contributed by atoms with Crippen molar-refractivity contribution >= 4 is 53.2 Å². The Balaban J connectivity index is -0.000000312. The fourth-order valence-electron chi connectivity index (χ4n) is 2.87. The highest BCUT2D eigenvalue weighted by atomic mass is 35.5. The van der Waals surface area contributed by atoms with E-state index in [1.165, 1.54) is 35.2 Å². The van der Waals surface area contributed by atoms with Crippen LogP contribution < -0.4 is 16.0 Å². The van der Waals surface area contributed by atoms with Crippen LogP contribution in [-0.2, 0) is 42.8 Å². The normalized spacial score (nSPS) is 13.1. The molecule has 0 aromatic carbocycles. The number of hydrogen-bond acceptors (Lipinski definition) is 14. The summed E-state index contributed by atoms with van der Waals surface area (Å²) in [4.78, 5) is 75.7. The molecule has 0 aliphatic rings. The average Bonchev–Trinajstić information content (AvgIpc) is 2.95. The molecule has 52 heavy (non-hydrogen) atoms. The summed E-state index contributed by atoms with van der Waals surface area (Å²) < 4.78 is 28.1. The predicted molar refractivity (Wildman–Crippen MR) is 185 cm³/mol. The van der Waals surface area contributed by atoms with Gasteiger partial charge in [-0.25, -0.2) is 33.6 Å². The average molecular weight is 780 g/mol. The molecule has 0 saturated carbocycles. The molecule has 0 aliphatic carbocycles. The molecule has 0 rings (SSSR count). The predicted octanol–water partition coefficient (Wildman–Crippen LogP) is 3.34. The maximum absolute atomic E-state index is 11.5. The van der Waals surface area contributed by atoms with Crippen molar-refractivity contribution in [2.24, 2.45) is 0 Å². The number of rotatable bonds is 11. The van der Waals surface area contributed by atoms with Gasteiger partial charge >= 0.3 is 41.6 Å². The summed E-state index contributed by atoms with van der Waals surface area (Å²) in [6.45, 7) is 18.9. The Bertz CT molecular complexity index is 1170. The number of amides is 3. The molecule has 20 nitrogen and oxygen atoms in total. The molecule has 0 aromatic heterocycles. The minimum atomic E-state index is -1.57. The minimum Gasteiger partial charge on any atom is -0.480 e. The number of aliphatic carboxylic acids is 3. The van der Waals surface area contributed by atoms with E-state index in [2.05, 4.69) is 37.0 Å². The van der Waals surface area contributed by atoms with Gasteiger partial charge in [-0.1, -0.05) is 0 Å². The van der Waals surface area contributed by atoms with Gasteiger partial charge in [0.25, 0.3) is 0 Å². The molecule has 3 amide bonds. The van der Waals surface area contributed by atoms with Crippen LogP contribution in [0.1, 0.15) is 83.1 Å². The number of hydrogen-bond donors (Lipinski definition) is 7. The Hall–Kier alpha value is -4.14. The number of ether oxygens (including phenoxy) is 6. The highest BCUT2D eigenvalue weighted by molar-refractivity contribution is 6.61. The van der Waals surface area contributed by atoms with E-state index in [1.807, 2.05) is 0 Å². The Morgan fingerprint density at radius 1 is 0.500 bits per heavy atom. The molecule has 0 spiro atoms. The molecule has 0 radical (unpaired) electrons. The van der Waals surface area contributed by atoms with Gasteiger partial charge in [0.2, 0.25) is 0 Å². The van der Waals surface area contributed by atoms with Crippen LogP contribution in [0.15, 0.2) is 0 Å². The number of aliphatic hydroxyl groups is 1. The van der Waals surface area contributed by atoms with E-state index in [4.69, 9.17) is 34.3 Å². The van der Waals surface area contributed by atoms with Crippen LogP contribution in [0.3, 0.4) is 0 Å². The smallest absolute Gasteiger partial charge is 0.408 e. The zero-order valence-corrected chi connectivity index (χ0v) is 33.5. The number of nitrogens with one attached hydrogen (secondary N) is 3. The summed E-state index contributed by atoms with van der Waals surface area (Å²) in [6.07, 6.45) is -2.46. The van der Waals surface area contributed by atoms with Gasteiger partial charge in [0, 0.05) is 25.8 Å². The zero-order valence-electron chi connectivity index (χ0n) is 32.7. The van der Waals surface area contributed by atoms with E-state index in [-0.39, 0.29) is 0 Å². The first-order chi connectivity index (χ1) is 23.0. The summed E-state index contributed by atoms with van der Waals surface area (Å²) in [5.74, 6) is -3.68. The Labute approximate surface area is 309 Å². The third-order valence-electron chi connectivity index (χ3n) is 5.82. The van der Waals surface area contributed by atoms with Gasteiger partial charge < -0.3 is 64.8 Å². The lowest BCUT2D eigenvalue weighted by atomic mass is 9.99. The number of carboxylic acid groups (broad SMARTS) is 3. The molecular formula is C31H58ClN3O17. The molecule has 0 heterocycles. The second kappa shape index (κ2) is 23.4. The van der Waals surface area contributed by atoms with Crippen molar-refractivity contribution in [2.75, 3.05) is 28.4 Å². The lowest BCUT2D eigenvalue weighted by Crippen LogP contribution is -2.55. The summed E-state index contributed by atoms with van der Waals surface area (Å²) in [7, 11) is 5.13. The lowest BCUT2D eigenvalue weighted by Gasteiger charge is -2.31. The van der Waals surface area contributed by atoms with Crippen LogP contribution in [0, 0.1) is 0 Å². The van der Waals surface area contributed by atoms with Gasteiger partial charge in [0.15, 0.2) is 18.1 Å². The molecule has 0 bridgehead atoms. The third kappa shape index (κ3) is 27.6. The molecule has 7 N–H and O–H groups in total. The van der Waals surface area contributed by atoms with Crippen molar-refractivity contribution < 1.29 is 82.4 Å². The molecule has 3 atom stereocenters. The van der Waals surface area contributed by atoms with Gasteiger partial charge in [-0.2, -0.15) is 0 Å². The Morgan fingerprint density at radius 3 is 0.923 bits per heavy atom. The van der Waals surface area contributed by atoms with Crippen LogP contribution in [0.2, 0.25) is 0 Å². The number of halogens is 1. The molecule has 0 unspecified atom stereocenters. The lowest BCUT2D eigenvalue weighted by molar-refractivity contribution is -0.148. The van der Waals surface area contributed by atoms with E-state index in [0.29, 0.717) is 0 Å². The van der Waals surface area contributed by atoms with Gasteiger partial charge in [-0.15, -0.1) is 0 Å². The van der Waals surface area contributed by atoms with Crippen LogP contribution in [0.4, 0.5) is 19.2 Å². The molecule has 21 heteroatoms. The molecule has 0 fully saturated rings. The van der Waals surface area contributed by atoms with Crippen LogP contribution in [0.25, 0.3) is 0 Å². The zero-order chi connectivity index (χ0) is 42.6. The molecule has 306 valence electrons. The maximum Gasteiger partial charge on any atom is 0.408 e. The number of carboxylic acids is 3. The van der Waals surface area contributed by atoms with Gasteiger partial charge in [0.05, 0.1) is 31.0 Å². The first kappa shape index (κ1) is 54.6. The van der Waals surface area contributed by atoms with Crippen molar-refractivity contribution in [1.82, 2.24) is 16.0 Å². The fraction of sp³-hybridized carbons (Fsp3) is 0.774. The summed E-state index contributed by atoms with van der Waals surface area (Å²) in [6, 6.07) is -3.75. The number of methoxy groups -OCH3 is 4. The third-order valence-corrected chi connectivity index (χ3v) is 5.97. The van der Waals surface area contributed by atoms with Crippen LogP contribution in [0.5, 0.6) is 0 Å². The fourth-order valence-corrected chi connectivity index (χ4v) is 2.87. The van der Waals surface area contributed by atoms with Crippen molar-refractivity contribution in [3.05, 3.63) is 0 Å². The summed E-state index contributed by atoms with van der Waals surface area (Å²) in [5.41, 5.74) is -5.76. The van der Waals surface area contributed by atoms with Gasteiger partial charge in [-0.05, 0) is 83.1 Å². The van der Waals surface area contributed by atoms with Crippen molar-refractivity contribution in [1.29, 1.82) is 0 Å². The maximum atomic E-state index is 11.5. The monoisotopic (exact) mass is 779 g/mol. The standard InChI is InChI=1S/C11H21NO5.C10H19NO5.C8H15NO5.C2H3ClO2/c1-10(2,3)17-9(15)12-7(8(13)14)11(4,5)16-6;1-9(2,3)16-8(14)11-6(7(12)13)10(4,5)15;1-8(2,14-4)5(6(10)11)9-7(12)13-3;1-5-2(3)4/h7H,1-6H3,(H,12,15)(H,13,14);6,15H,1-5H3,(H,11,14)(H,12,13);5H,1-4H3,(H,9,12)(H,10,11);1H3/t7-;6-;5-;/m111./s1. The van der Waals surface area contributed by atoms with E-state index in [1.54, 1.807) is 69.2 Å². The van der Waals surface area contributed by atoms with Crippen molar-refractivity contribution in [3.8, 4) is 0 Å². The van der Waals surface area contributed by atoms with E-state index < -0.39 is 87.7 Å². The first-order valence-electron chi connectivity index (χ1n) is 15.1. The molecule has 0 saturated heterocycles. The Kier molecular flexibility index (Phi) is 24.6. The number of carbonyl (C=O) groups excluding carboxylic acids is 4. The molecule has 0 aliphatic heterocycles. The quantitative estimate of drug-likeness (QED) is 0.117. The second-order valence-corrected chi connectivity index (χ2v) is 14.3. The largest absolute Gasteiger partial charge is 0.480 e. The van der Waals surface area contributed by atoms with Crippen molar-refractivity contribution in [2.45, 2.75) is 129 Å². The van der Waals surface area contributed by atoms with E-state index in [9.17, 15) is 38.7 Å². The van der Waals surface area contributed by atoms with Crippen LogP contribution in [-0.4, -0.2) is 137 Å². The van der Waals surface area contributed by atoms with Gasteiger partial charge in [-0.3, -0.25) is 0 Å². The Morgan fingerprint density at radius 2 is 0.750 bits per heavy atom. The topological polar surface area (TPSA) is 292 Å². The number of alkyl carbamates (subject to hydrolysis) is 3. The highest BCUT2D eigenvalue weighted by Crippen LogP contribution is 2.16. The van der Waals surface area contributed by atoms with Crippen LogP contribution >= 0.6 is 11.6 Å². The van der Waals surface area contributed by atoms with Crippen molar-refractivity contribution in [3.63, 3.8) is 0 Å². The SMILES string of the molecule is CC(C)(C)OC(=O)N[C@H](C(=O)O)C(C)(C)O.COC(=O)Cl.COC(=O)N[C@H](C(=O)O)C(C)(C)OC.COC(C)(C)[C@H](NC(=O)OC(C)(C)C)C(=O)O. The first-order valence-corrected chi connectivity index (χ1v) is 15.5. The number of carbonyl (C=O) groups is 7.